The van der Waals surface area contributed by atoms with Gasteiger partial charge in [0.05, 0.1) is 12.7 Å². The maximum absolute atomic E-state index is 14.1. The Labute approximate surface area is 148 Å². The molecule has 0 atom stereocenters. The third kappa shape index (κ3) is 3.37. The summed E-state index contributed by atoms with van der Waals surface area (Å²) in [6.07, 6.45) is 3.41. The lowest BCUT2D eigenvalue weighted by Gasteiger charge is -2.11. The van der Waals surface area contributed by atoms with E-state index in [9.17, 15) is 18.8 Å². The first-order chi connectivity index (χ1) is 12.4. The smallest absolute Gasteiger partial charge is 0.268 e. The summed E-state index contributed by atoms with van der Waals surface area (Å²) in [6, 6.07) is 8.37. The van der Waals surface area contributed by atoms with Crippen LogP contribution < -0.4 is 11.2 Å². The summed E-state index contributed by atoms with van der Waals surface area (Å²) in [7, 11) is 0. The first kappa shape index (κ1) is 17.5. The zero-order valence-corrected chi connectivity index (χ0v) is 14.3. The molecule has 0 aliphatic heterocycles. The normalized spacial score (nSPS) is 10.7. The quantitative estimate of drug-likeness (QED) is 0.721. The molecule has 0 aliphatic rings. The van der Waals surface area contributed by atoms with Gasteiger partial charge in [-0.05, 0) is 31.5 Å². The van der Waals surface area contributed by atoms with Crippen molar-refractivity contribution < 1.29 is 9.18 Å². The van der Waals surface area contributed by atoms with Crippen molar-refractivity contribution in [1.82, 2.24) is 14.1 Å². The van der Waals surface area contributed by atoms with Crippen LogP contribution in [0.25, 0.3) is 0 Å². The van der Waals surface area contributed by atoms with Gasteiger partial charge >= 0.3 is 5.69 Å². The van der Waals surface area contributed by atoms with E-state index in [1.807, 2.05) is 19.9 Å². The highest BCUT2D eigenvalue weighted by Crippen LogP contribution is 2.09. The Hall–Kier alpha value is -3.35. The van der Waals surface area contributed by atoms with Crippen LogP contribution in [0.1, 0.15) is 27.0 Å². The number of rotatable bonds is 3. The van der Waals surface area contributed by atoms with E-state index in [0.29, 0.717) is 16.3 Å². The minimum Gasteiger partial charge on any atom is -0.268 e. The van der Waals surface area contributed by atoms with Crippen LogP contribution in [0, 0.1) is 19.7 Å². The van der Waals surface area contributed by atoms with Crippen LogP contribution in [0.5, 0.6) is 0 Å². The van der Waals surface area contributed by atoms with E-state index < -0.39 is 23.0 Å². The predicted octanol–water partition coefficient (Wildman–Crippen LogP) is 1.90. The monoisotopic (exact) mass is 353 g/mol. The minimum atomic E-state index is -1.17. The second kappa shape index (κ2) is 6.87. The fourth-order valence-electron chi connectivity index (χ4n) is 2.83. The first-order valence-corrected chi connectivity index (χ1v) is 7.90. The number of nitrogens with zero attached hydrogens (tertiary/aromatic N) is 3. The van der Waals surface area contributed by atoms with E-state index in [-0.39, 0.29) is 12.1 Å². The Kier molecular flexibility index (Phi) is 4.62. The Morgan fingerprint density at radius 3 is 2.31 bits per heavy atom. The molecule has 0 saturated heterocycles. The highest BCUT2D eigenvalue weighted by molar-refractivity contribution is 5.95. The lowest BCUT2D eigenvalue weighted by molar-refractivity contribution is 0.0950. The molecule has 0 amide bonds. The standard InChI is InChI=1S/C19H16FN3O3/c1-12-7-13(2)9-14(8-12)10-22-18(25)16(20)11-23(19(22)26)17(24)15-3-5-21-6-4-15/h3-9,11H,10H2,1-2H3. The number of pyridine rings is 1. The molecule has 0 bridgehead atoms. The first-order valence-electron chi connectivity index (χ1n) is 7.90. The maximum atomic E-state index is 14.1. The van der Waals surface area contributed by atoms with Gasteiger partial charge < -0.3 is 0 Å². The van der Waals surface area contributed by atoms with Crippen LogP contribution in [0.15, 0.2) is 58.5 Å². The van der Waals surface area contributed by atoms with Gasteiger partial charge in [-0.1, -0.05) is 29.3 Å². The molecule has 132 valence electrons. The number of hydrogen-bond acceptors (Lipinski definition) is 4. The molecular formula is C19H16FN3O3. The van der Waals surface area contributed by atoms with Gasteiger partial charge in [0.2, 0.25) is 5.82 Å². The molecule has 3 aromatic rings. The number of hydrogen-bond donors (Lipinski definition) is 0. The fraction of sp³-hybridized carbons (Fsp3) is 0.158. The maximum Gasteiger partial charge on any atom is 0.338 e. The Bertz CT molecular complexity index is 1080. The molecule has 0 saturated carbocycles. The highest BCUT2D eigenvalue weighted by atomic mass is 19.1. The Morgan fingerprint density at radius 1 is 1.08 bits per heavy atom. The number of halogens is 1. The van der Waals surface area contributed by atoms with Gasteiger partial charge in [0.25, 0.3) is 11.5 Å². The van der Waals surface area contributed by atoms with Crippen LogP contribution in [0.2, 0.25) is 0 Å². The summed E-state index contributed by atoms with van der Waals surface area (Å²) >= 11 is 0. The molecule has 3 rings (SSSR count). The van der Waals surface area contributed by atoms with Crippen molar-refractivity contribution in [3.63, 3.8) is 0 Å². The van der Waals surface area contributed by atoms with Crippen LogP contribution in [-0.4, -0.2) is 20.0 Å². The lowest BCUT2D eigenvalue weighted by atomic mass is 10.1. The number of carbonyl (C=O) groups is 1. The summed E-state index contributed by atoms with van der Waals surface area (Å²) in [5, 5.41) is 0. The molecule has 7 heteroatoms. The van der Waals surface area contributed by atoms with Gasteiger partial charge in [-0.3, -0.25) is 19.1 Å². The van der Waals surface area contributed by atoms with E-state index in [2.05, 4.69) is 4.98 Å². The molecule has 0 aliphatic carbocycles. The van der Waals surface area contributed by atoms with Gasteiger partial charge in [-0.15, -0.1) is 0 Å². The molecule has 6 nitrogen and oxygen atoms in total. The summed E-state index contributed by atoms with van der Waals surface area (Å²) in [5.41, 5.74) is 0.800. The topological polar surface area (TPSA) is 74.0 Å². The third-order valence-electron chi connectivity index (χ3n) is 3.90. The molecule has 2 heterocycles. The Balaban J connectivity index is 2.12. The molecule has 2 aromatic heterocycles. The minimum absolute atomic E-state index is 0.123. The second-order valence-electron chi connectivity index (χ2n) is 6.06. The zero-order valence-electron chi connectivity index (χ0n) is 14.3. The van der Waals surface area contributed by atoms with E-state index in [1.165, 1.54) is 24.5 Å². The summed E-state index contributed by atoms with van der Waals surface area (Å²) in [5.74, 6) is -1.90. The van der Waals surface area contributed by atoms with Crippen LogP contribution >= 0.6 is 0 Å². The molecule has 1 aromatic carbocycles. The Morgan fingerprint density at radius 2 is 1.69 bits per heavy atom. The van der Waals surface area contributed by atoms with Crippen molar-refractivity contribution in [3.05, 3.63) is 97.8 Å². The fourth-order valence-corrected chi connectivity index (χ4v) is 2.83. The van der Waals surface area contributed by atoms with Crippen molar-refractivity contribution in [3.8, 4) is 0 Å². The number of aromatic nitrogens is 3. The van der Waals surface area contributed by atoms with E-state index >= 15 is 0 Å². The van der Waals surface area contributed by atoms with Gasteiger partial charge in [0.15, 0.2) is 0 Å². The molecule has 0 fully saturated rings. The van der Waals surface area contributed by atoms with Crippen LogP contribution in [0.4, 0.5) is 4.39 Å². The highest BCUT2D eigenvalue weighted by Gasteiger charge is 2.17. The van der Waals surface area contributed by atoms with Crippen molar-refractivity contribution in [2.24, 2.45) is 0 Å². The SMILES string of the molecule is Cc1cc(C)cc(Cn2c(=O)c(F)cn(C(=O)c3ccncc3)c2=O)c1. The number of carbonyl (C=O) groups excluding carboxylic acids is 1. The van der Waals surface area contributed by atoms with Crippen LogP contribution in [0.3, 0.4) is 0 Å². The molecule has 26 heavy (non-hydrogen) atoms. The summed E-state index contributed by atoms with van der Waals surface area (Å²) in [6.45, 7) is 3.65. The third-order valence-corrected chi connectivity index (χ3v) is 3.90. The van der Waals surface area contributed by atoms with Crippen molar-refractivity contribution in [2.45, 2.75) is 20.4 Å². The van der Waals surface area contributed by atoms with Crippen molar-refractivity contribution in [2.75, 3.05) is 0 Å². The summed E-state index contributed by atoms with van der Waals surface area (Å²) in [4.78, 5) is 41.1. The lowest BCUT2D eigenvalue weighted by Crippen LogP contribution is -2.43. The van der Waals surface area contributed by atoms with E-state index in [4.69, 9.17) is 0 Å². The average Bonchev–Trinajstić information content (AvgIpc) is 2.61. The second-order valence-corrected chi connectivity index (χ2v) is 6.06. The largest absolute Gasteiger partial charge is 0.338 e. The predicted molar refractivity (Wildman–Crippen MR) is 93.9 cm³/mol. The molecule has 0 radical (unpaired) electrons. The molecule has 0 spiro atoms. The average molecular weight is 353 g/mol. The van der Waals surface area contributed by atoms with Gasteiger partial charge in [0.1, 0.15) is 0 Å². The number of benzene rings is 1. The van der Waals surface area contributed by atoms with Crippen LogP contribution in [-0.2, 0) is 6.54 Å². The molecule has 0 unspecified atom stereocenters. The van der Waals surface area contributed by atoms with E-state index in [0.717, 1.165) is 15.7 Å². The van der Waals surface area contributed by atoms with Gasteiger partial charge in [-0.25, -0.2) is 9.36 Å². The summed E-state index contributed by atoms with van der Waals surface area (Å²) < 4.78 is 15.4. The van der Waals surface area contributed by atoms with E-state index in [1.54, 1.807) is 12.1 Å². The van der Waals surface area contributed by atoms with Gasteiger partial charge in [0, 0.05) is 18.0 Å². The van der Waals surface area contributed by atoms with Crippen molar-refractivity contribution in [1.29, 1.82) is 0 Å². The molecular weight excluding hydrogens is 337 g/mol. The van der Waals surface area contributed by atoms with Crippen molar-refractivity contribution >= 4 is 5.91 Å². The number of aryl methyl sites for hydroxylation is 2. The zero-order chi connectivity index (χ0) is 18.8. The molecule has 0 N–H and O–H groups in total. The van der Waals surface area contributed by atoms with Gasteiger partial charge in [-0.2, -0.15) is 4.39 Å².